The van der Waals surface area contributed by atoms with Crippen molar-refractivity contribution in [1.29, 1.82) is 0 Å². The van der Waals surface area contributed by atoms with Crippen molar-refractivity contribution in [3.05, 3.63) is 8.59 Å². The first kappa shape index (κ1) is 9.74. The van der Waals surface area contributed by atoms with Gasteiger partial charge in [-0.25, -0.2) is 0 Å². The van der Waals surface area contributed by atoms with E-state index in [4.69, 9.17) is 46.4 Å². The molecule has 0 unspecified atom stereocenters. The molecular weight excluding hydrogens is 237 g/mol. The second-order valence-electron chi connectivity index (χ2n) is 0.571. The highest BCUT2D eigenvalue weighted by Gasteiger charge is 2.18. The molecule has 0 nitrogen and oxygen atoms in total. The van der Waals surface area contributed by atoms with Gasteiger partial charge in [0.15, 0.2) is 0 Å². The van der Waals surface area contributed by atoms with E-state index in [1.54, 1.807) is 0 Å². The predicted molar refractivity (Wildman–Crippen MR) is 29.9 cm³/mol. The molecule has 0 N–H and O–H groups in total. The van der Waals surface area contributed by atoms with Crippen molar-refractivity contribution >= 4 is 46.4 Å². The van der Waals surface area contributed by atoms with Crippen LogP contribution >= 0.6 is 46.4 Å². The first-order chi connectivity index (χ1) is 3.63. The molecule has 0 heterocycles. The van der Waals surface area contributed by atoms with Crippen LogP contribution in [0.5, 0.6) is 0 Å². The predicted octanol–water partition coefficient (Wildman–Crippen LogP) is 2.92. The fraction of sp³-hybridized carbons (Fsp3) is 0. The summed E-state index contributed by atoms with van der Waals surface area (Å²) in [5.41, 5.74) is 0. The zero-order chi connectivity index (χ0) is 6.57. The van der Waals surface area contributed by atoms with Gasteiger partial charge in [0.2, 0.25) is 8.59 Å². The molecule has 6 heteroatoms. The zero-order valence-electron chi connectivity index (χ0n) is 3.27. The van der Waals surface area contributed by atoms with Crippen molar-refractivity contribution in [3.8, 4) is 0 Å². The molecule has 0 atom stereocenters. The molecule has 0 rings (SSSR count). The lowest BCUT2D eigenvalue weighted by Crippen LogP contribution is -1.86. The maximum Gasteiger partial charge on any atom is 0.293 e. The maximum atomic E-state index is 5.18. The Morgan fingerprint density at radius 2 is 1.00 bits per heavy atom. The highest BCUT2D eigenvalue weighted by Crippen LogP contribution is 2.22. The van der Waals surface area contributed by atoms with Crippen LogP contribution in [0.3, 0.4) is 0 Å². The Morgan fingerprint density at radius 1 is 0.750 bits per heavy atom. The van der Waals surface area contributed by atoms with Crippen LogP contribution in [0.25, 0.3) is 0 Å². The van der Waals surface area contributed by atoms with Crippen molar-refractivity contribution in [2.45, 2.75) is 0 Å². The van der Waals surface area contributed by atoms with Crippen LogP contribution in [0.15, 0.2) is 0 Å². The van der Waals surface area contributed by atoms with Crippen LogP contribution in [0, 0.1) is 28.7 Å². The van der Waals surface area contributed by atoms with Crippen LogP contribution in [0.2, 0.25) is 0 Å². The van der Waals surface area contributed by atoms with Gasteiger partial charge in [-0.2, -0.15) is 0 Å². The van der Waals surface area contributed by atoms with Crippen molar-refractivity contribution < 1.29 is 20.1 Å². The molecule has 0 amide bonds. The van der Waals surface area contributed by atoms with Crippen LogP contribution < -0.4 is 0 Å². The summed E-state index contributed by atoms with van der Waals surface area (Å²) in [6.07, 6.45) is 0. The molecule has 0 aliphatic carbocycles. The van der Waals surface area contributed by atoms with E-state index in [0.29, 0.717) is 0 Å². The third kappa shape index (κ3) is 7.74. The number of halogens is 6. The smallest absolute Gasteiger partial charge is 0.252 e. The fourth-order valence-electron chi connectivity index (χ4n) is 0.0540. The summed E-state index contributed by atoms with van der Waals surface area (Å²) in [4.78, 5) is 0. The van der Waals surface area contributed by atoms with Gasteiger partial charge in [-0.15, -0.1) is 0 Å². The molecule has 0 bridgehead atoms. The lowest BCUT2D eigenvalue weighted by atomic mass is 11.9. The van der Waals surface area contributed by atoms with Gasteiger partial charge in [-0.05, 0) is 0 Å². The molecule has 0 spiro atoms. The minimum Gasteiger partial charge on any atom is -0.252 e. The van der Waals surface area contributed by atoms with Crippen molar-refractivity contribution in [2.75, 3.05) is 0 Å². The van der Waals surface area contributed by atoms with Crippen LogP contribution in [0.4, 0.5) is 0 Å². The Balaban J connectivity index is 2.93. The second kappa shape index (κ2) is 5.52. The highest BCUT2D eigenvalue weighted by molar-refractivity contribution is 6.51. The minimum atomic E-state index is 0.108. The molecule has 0 fully saturated rings. The van der Waals surface area contributed by atoms with Gasteiger partial charge in [-0.3, -0.25) is 46.4 Å². The van der Waals surface area contributed by atoms with Crippen molar-refractivity contribution in [3.63, 3.8) is 0 Å². The van der Waals surface area contributed by atoms with Gasteiger partial charge >= 0.3 is 0 Å². The Bertz CT molecular complexity index is 42.5. The molecule has 0 radical (unpaired) electrons. The second-order valence-corrected chi connectivity index (χ2v) is 5.14. The SMILES string of the molecule is Cl[C-](Cl)[Cl+][Cl+][C-](Cl)Cl. The first-order valence-corrected chi connectivity index (χ1v) is 4.69. The number of hydrogen-bond donors (Lipinski definition) is 0. The van der Waals surface area contributed by atoms with E-state index in [0.717, 1.165) is 0 Å². The molecule has 0 aliphatic rings. The molecule has 0 saturated heterocycles. The first-order valence-electron chi connectivity index (χ1n) is 1.28. The zero-order valence-corrected chi connectivity index (χ0v) is 7.80. The van der Waals surface area contributed by atoms with Crippen molar-refractivity contribution in [1.82, 2.24) is 0 Å². The summed E-state index contributed by atoms with van der Waals surface area (Å²) < 4.78 is 0.217. The van der Waals surface area contributed by atoms with Crippen LogP contribution in [-0.2, 0) is 0 Å². The van der Waals surface area contributed by atoms with E-state index in [1.165, 1.54) is 20.1 Å². The van der Waals surface area contributed by atoms with Gasteiger partial charge in [-0.1, -0.05) is 0 Å². The van der Waals surface area contributed by atoms with Gasteiger partial charge in [0, 0.05) is 0 Å². The summed E-state index contributed by atoms with van der Waals surface area (Å²) >= 11 is 20.7. The Hall–Kier alpha value is 1.74. The topological polar surface area (TPSA) is 0 Å². The Kier molecular flexibility index (Phi) is 6.72. The molecule has 0 aliphatic heterocycles. The van der Waals surface area contributed by atoms with Gasteiger partial charge in [0.25, 0.3) is 20.1 Å². The molecule has 50 valence electrons. The average molecular weight is 237 g/mol. The van der Waals surface area contributed by atoms with E-state index < -0.39 is 0 Å². The highest BCUT2D eigenvalue weighted by atomic mass is 36.5. The molecule has 0 aromatic rings. The minimum absolute atomic E-state index is 0.108. The van der Waals surface area contributed by atoms with Gasteiger partial charge in [0.1, 0.15) is 0 Å². The van der Waals surface area contributed by atoms with E-state index in [9.17, 15) is 0 Å². The number of hydrogen-bond acceptors (Lipinski definition) is 0. The van der Waals surface area contributed by atoms with E-state index in [1.807, 2.05) is 0 Å². The quantitative estimate of drug-likeness (QED) is 0.615. The molecule has 0 aromatic carbocycles. The van der Waals surface area contributed by atoms with E-state index >= 15 is 0 Å². The normalized spacial score (nSPS) is 11.2. The van der Waals surface area contributed by atoms with Gasteiger partial charge < -0.3 is 0 Å². The lowest BCUT2D eigenvalue weighted by Gasteiger charge is -1.88. The Labute approximate surface area is 74.8 Å². The average Bonchev–Trinajstić information content (AvgIpc) is 1.61. The molecular formula is C2Cl6. The number of rotatable bonds is 1. The summed E-state index contributed by atoms with van der Waals surface area (Å²) in [7, 11) is 2.96. The fourth-order valence-corrected chi connectivity index (χ4v) is 1.46. The molecule has 0 aromatic heterocycles. The molecule has 8 heavy (non-hydrogen) atoms. The lowest BCUT2D eigenvalue weighted by molar-refractivity contribution is -1.24. The monoisotopic (exact) mass is 234 g/mol. The van der Waals surface area contributed by atoms with Crippen LogP contribution in [0.1, 0.15) is 0 Å². The summed E-state index contributed by atoms with van der Waals surface area (Å²) in [5, 5.41) is 0. The largest absolute Gasteiger partial charge is 0.293 e. The molecule has 0 saturated carbocycles. The van der Waals surface area contributed by atoms with E-state index in [-0.39, 0.29) is 8.59 Å². The third-order valence-electron chi connectivity index (χ3n) is 0.144. The van der Waals surface area contributed by atoms with Crippen molar-refractivity contribution in [2.24, 2.45) is 0 Å². The summed E-state index contributed by atoms with van der Waals surface area (Å²) in [5.74, 6) is 0. The summed E-state index contributed by atoms with van der Waals surface area (Å²) in [6.45, 7) is 0. The third-order valence-corrected chi connectivity index (χ3v) is 3.24. The summed E-state index contributed by atoms with van der Waals surface area (Å²) in [6, 6.07) is 0. The maximum absolute atomic E-state index is 5.18. The van der Waals surface area contributed by atoms with E-state index in [2.05, 4.69) is 0 Å². The Morgan fingerprint density at radius 3 is 1.12 bits per heavy atom. The van der Waals surface area contributed by atoms with Gasteiger partial charge in [0.05, 0.1) is 0 Å². The standard InChI is InChI=1S/C2Cl6/c3-1(4)7-8-2(5)6. The van der Waals surface area contributed by atoms with Crippen LogP contribution in [-0.4, -0.2) is 0 Å².